The van der Waals surface area contributed by atoms with Gasteiger partial charge in [0, 0.05) is 25.2 Å². The van der Waals surface area contributed by atoms with Gasteiger partial charge in [-0.3, -0.25) is 9.69 Å². The standard InChI is InChI=1S/C13H19FN2O3/c1-15(2)5-6-16(9-13(18)19)8-10-7-11(14)3-4-12(10)17/h3-4,7,17H,5-6,8-9H2,1-2H3,(H,18,19). The number of carbonyl (C=O) groups is 1. The molecule has 0 bridgehead atoms. The highest BCUT2D eigenvalue weighted by atomic mass is 19.1. The number of benzene rings is 1. The van der Waals surface area contributed by atoms with Gasteiger partial charge in [-0.05, 0) is 32.3 Å². The van der Waals surface area contributed by atoms with Crippen LogP contribution in [0.1, 0.15) is 5.56 Å². The Hall–Kier alpha value is -1.66. The van der Waals surface area contributed by atoms with Gasteiger partial charge in [0.25, 0.3) is 0 Å². The molecule has 106 valence electrons. The molecule has 0 unspecified atom stereocenters. The van der Waals surface area contributed by atoms with E-state index in [1.165, 1.54) is 18.2 Å². The van der Waals surface area contributed by atoms with Gasteiger partial charge in [0.1, 0.15) is 11.6 Å². The number of nitrogens with zero attached hydrogens (tertiary/aromatic N) is 2. The molecule has 2 N–H and O–H groups in total. The third-order valence-corrected chi connectivity index (χ3v) is 2.66. The largest absolute Gasteiger partial charge is 0.508 e. The molecule has 0 aromatic heterocycles. The maximum atomic E-state index is 13.1. The average Bonchev–Trinajstić information content (AvgIpc) is 2.30. The number of aromatic hydroxyl groups is 1. The second-order valence-electron chi connectivity index (χ2n) is 4.68. The molecule has 1 rings (SSSR count). The first-order valence-electron chi connectivity index (χ1n) is 5.94. The van der Waals surface area contributed by atoms with Crippen LogP contribution in [0.5, 0.6) is 5.75 Å². The average molecular weight is 270 g/mol. The van der Waals surface area contributed by atoms with Crippen molar-refractivity contribution in [2.24, 2.45) is 0 Å². The molecule has 0 heterocycles. The third kappa shape index (κ3) is 5.67. The van der Waals surface area contributed by atoms with Crippen LogP contribution in [-0.4, -0.2) is 59.7 Å². The highest BCUT2D eigenvalue weighted by Gasteiger charge is 2.13. The van der Waals surface area contributed by atoms with Crippen LogP contribution in [0, 0.1) is 5.82 Å². The smallest absolute Gasteiger partial charge is 0.317 e. The van der Waals surface area contributed by atoms with Gasteiger partial charge in [0.2, 0.25) is 0 Å². The molecule has 0 saturated heterocycles. The summed E-state index contributed by atoms with van der Waals surface area (Å²) >= 11 is 0. The summed E-state index contributed by atoms with van der Waals surface area (Å²) in [6, 6.07) is 3.66. The van der Waals surface area contributed by atoms with Crippen LogP contribution in [0.15, 0.2) is 18.2 Å². The lowest BCUT2D eigenvalue weighted by atomic mass is 10.2. The van der Waals surface area contributed by atoms with Crippen molar-refractivity contribution in [1.82, 2.24) is 9.80 Å². The van der Waals surface area contributed by atoms with E-state index in [0.29, 0.717) is 18.7 Å². The Labute approximate surface area is 111 Å². The van der Waals surface area contributed by atoms with Crippen molar-refractivity contribution in [1.29, 1.82) is 0 Å². The Morgan fingerprint density at radius 2 is 2.00 bits per heavy atom. The topological polar surface area (TPSA) is 64.0 Å². The van der Waals surface area contributed by atoms with Gasteiger partial charge in [0.05, 0.1) is 6.54 Å². The Morgan fingerprint density at radius 1 is 1.32 bits per heavy atom. The number of carboxylic acid groups (broad SMARTS) is 1. The lowest BCUT2D eigenvalue weighted by Gasteiger charge is -2.22. The Kier molecular flexibility index (Phi) is 5.72. The first-order chi connectivity index (χ1) is 8.88. The minimum atomic E-state index is -0.949. The zero-order valence-electron chi connectivity index (χ0n) is 11.1. The molecule has 19 heavy (non-hydrogen) atoms. The van der Waals surface area contributed by atoms with Gasteiger partial charge in [-0.15, -0.1) is 0 Å². The van der Waals surface area contributed by atoms with Gasteiger partial charge in [-0.1, -0.05) is 0 Å². The number of phenolic OH excluding ortho intramolecular Hbond substituents is 1. The van der Waals surface area contributed by atoms with Crippen LogP contribution in [0.25, 0.3) is 0 Å². The number of phenols is 1. The van der Waals surface area contributed by atoms with Crippen LogP contribution < -0.4 is 0 Å². The van der Waals surface area contributed by atoms with Crippen molar-refractivity contribution in [2.75, 3.05) is 33.7 Å². The predicted molar refractivity (Wildman–Crippen MR) is 69.5 cm³/mol. The Morgan fingerprint density at radius 3 is 2.58 bits per heavy atom. The number of hydrogen-bond donors (Lipinski definition) is 2. The zero-order chi connectivity index (χ0) is 14.4. The van der Waals surface area contributed by atoms with E-state index in [1.54, 1.807) is 4.90 Å². The Bertz CT molecular complexity index is 438. The van der Waals surface area contributed by atoms with Crippen LogP contribution in [0.2, 0.25) is 0 Å². The van der Waals surface area contributed by atoms with E-state index in [2.05, 4.69) is 0 Å². The van der Waals surface area contributed by atoms with Crippen LogP contribution in [0.3, 0.4) is 0 Å². The minimum absolute atomic E-state index is 0.0263. The van der Waals surface area contributed by atoms with Crippen molar-refractivity contribution in [3.05, 3.63) is 29.6 Å². The van der Waals surface area contributed by atoms with Crippen molar-refractivity contribution >= 4 is 5.97 Å². The van der Waals surface area contributed by atoms with Gasteiger partial charge < -0.3 is 15.1 Å². The van der Waals surface area contributed by atoms with Crippen molar-refractivity contribution < 1.29 is 19.4 Å². The van der Waals surface area contributed by atoms with E-state index in [-0.39, 0.29) is 18.8 Å². The quantitative estimate of drug-likeness (QED) is 0.773. The van der Waals surface area contributed by atoms with E-state index in [1.807, 2.05) is 19.0 Å². The molecule has 0 atom stereocenters. The van der Waals surface area contributed by atoms with Crippen molar-refractivity contribution in [2.45, 2.75) is 6.54 Å². The highest BCUT2D eigenvalue weighted by molar-refractivity contribution is 5.69. The molecule has 0 aliphatic heterocycles. The molecule has 0 spiro atoms. The summed E-state index contributed by atoms with van der Waals surface area (Å²) in [6.07, 6.45) is 0. The first kappa shape index (κ1) is 15.4. The Balaban J connectivity index is 2.74. The SMILES string of the molecule is CN(C)CCN(CC(=O)O)Cc1cc(F)ccc1O. The molecule has 0 aliphatic carbocycles. The summed E-state index contributed by atoms with van der Waals surface area (Å²) in [4.78, 5) is 14.4. The molecule has 1 aromatic rings. The van der Waals surface area contributed by atoms with Crippen LogP contribution in [-0.2, 0) is 11.3 Å². The van der Waals surface area contributed by atoms with Crippen molar-refractivity contribution in [3.8, 4) is 5.75 Å². The van der Waals surface area contributed by atoms with Gasteiger partial charge in [0.15, 0.2) is 0 Å². The summed E-state index contributed by atoms with van der Waals surface area (Å²) in [7, 11) is 3.78. The summed E-state index contributed by atoms with van der Waals surface area (Å²) in [5.41, 5.74) is 0.389. The summed E-state index contributed by atoms with van der Waals surface area (Å²) < 4.78 is 13.1. The first-order valence-corrected chi connectivity index (χ1v) is 5.94. The summed E-state index contributed by atoms with van der Waals surface area (Å²) in [5.74, 6) is -1.42. The van der Waals surface area contributed by atoms with E-state index in [4.69, 9.17) is 5.11 Å². The lowest BCUT2D eigenvalue weighted by molar-refractivity contribution is -0.138. The molecule has 6 heteroatoms. The third-order valence-electron chi connectivity index (χ3n) is 2.66. The fraction of sp³-hybridized carbons (Fsp3) is 0.462. The number of halogens is 1. The lowest BCUT2D eigenvalue weighted by Crippen LogP contribution is -2.35. The number of likely N-dealkylation sites (N-methyl/N-ethyl adjacent to an activating group) is 1. The maximum Gasteiger partial charge on any atom is 0.317 e. The van der Waals surface area contributed by atoms with Gasteiger partial charge >= 0.3 is 5.97 Å². The molecule has 0 aliphatic rings. The predicted octanol–water partition coefficient (Wildman–Crippen LogP) is 0.980. The zero-order valence-corrected chi connectivity index (χ0v) is 11.1. The molecule has 0 radical (unpaired) electrons. The van der Waals surface area contributed by atoms with Crippen LogP contribution in [0.4, 0.5) is 4.39 Å². The maximum absolute atomic E-state index is 13.1. The normalized spacial score (nSPS) is 11.2. The second kappa shape index (κ2) is 7.06. The van der Waals surface area contributed by atoms with E-state index < -0.39 is 11.8 Å². The van der Waals surface area contributed by atoms with Crippen molar-refractivity contribution in [3.63, 3.8) is 0 Å². The molecule has 0 amide bonds. The molecule has 0 saturated carbocycles. The number of carboxylic acids is 1. The highest BCUT2D eigenvalue weighted by Crippen LogP contribution is 2.19. The monoisotopic (exact) mass is 270 g/mol. The summed E-state index contributed by atoms with van der Waals surface area (Å²) in [5, 5.41) is 18.5. The number of rotatable bonds is 7. The second-order valence-corrected chi connectivity index (χ2v) is 4.68. The fourth-order valence-electron chi connectivity index (χ4n) is 1.67. The van der Waals surface area contributed by atoms with E-state index in [9.17, 15) is 14.3 Å². The fourth-order valence-corrected chi connectivity index (χ4v) is 1.67. The summed E-state index contributed by atoms with van der Waals surface area (Å²) in [6.45, 7) is 1.26. The number of hydrogen-bond acceptors (Lipinski definition) is 4. The molecule has 1 aromatic carbocycles. The molecule has 5 nitrogen and oxygen atoms in total. The molecular weight excluding hydrogens is 251 g/mol. The van der Waals surface area contributed by atoms with E-state index >= 15 is 0 Å². The minimum Gasteiger partial charge on any atom is -0.508 e. The van der Waals surface area contributed by atoms with Crippen LogP contribution >= 0.6 is 0 Å². The molecular formula is C13H19FN2O3. The van der Waals surface area contributed by atoms with E-state index in [0.717, 1.165) is 0 Å². The van der Waals surface area contributed by atoms with Gasteiger partial charge in [-0.2, -0.15) is 0 Å². The number of aliphatic carboxylic acids is 1. The molecule has 0 fully saturated rings. The van der Waals surface area contributed by atoms with Gasteiger partial charge in [-0.25, -0.2) is 4.39 Å².